The lowest BCUT2D eigenvalue weighted by molar-refractivity contribution is 0.0601. The fraction of sp³-hybridized carbons (Fsp3) is 0.250. The average molecular weight is 184 g/mol. The van der Waals surface area contributed by atoms with Gasteiger partial charge in [0.2, 0.25) is 5.95 Å². The highest BCUT2D eigenvalue weighted by Gasteiger charge is 2.11. The van der Waals surface area contributed by atoms with Crippen molar-refractivity contribution in [3.63, 3.8) is 0 Å². The predicted molar refractivity (Wildman–Crippen MR) is 45.1 cm³/mol. The number of carbonyl (C=O) groups is 1. The number of esters is 1. The zero-order valence-corrected chi connectivity index (χ0v) is 7.30. The first-order valence-corrected chi connectivity index (χ1v) is 3.60. The molecule has 0 aliphatic heterocycles. The van der Waals surface area contributed by atoms with E-state index in [1.807, 2.05) is 0 Å². The summed E-state index contributed by atoms with van der Waals surface area (Å²) < 4.78 is 17.1. The standard InChI is InChI=1S/C8H9FN2O2/c1-10-6-3-7(9)11-4-5(6)8(12)13-2/h3-4H,1-2H3,(H,10,11). The van der Waals surface area contributed by atoms with Gasteiger partial charge in [-0.2, -0.15) is 4.39 Å². The summed E-state index contributed by atoms with van der Waals surface area (Å²) in [5, 5.41) is 2.67. The molecule has 0 saturated carbocycles. The molecule has 13 heavy (non-hydrogen) atoms. The van der Waals surface area contributed by atoms with Gasteiger partial charge < -0.3 is 10.1 Å². The van der Waals surface area contributed by atoms with Gasteiger partial charge in [0.05, 0.1) is 12.8 Å². The van der Waals surface area contributed by atoms with Crippen LogP contribution < -0.4 is 5.32 Å². The van der Waals surface area contributed by atoms with E-state index in [2.05, 4.69) is 15.0 Å². The van der Waals surface area contributed by atoms with E-state index in [0.29, 0.717) is 5.69 Å². The van der Waals surface area contributed by atoms with Gasteiger partial charge >= 0.3 is 5.97 Å². The number of rotatable bonds is 2. The van der Waals surface area contributed by atoms with Crippen LogP contribution in [0.4, 0.5) is 10.1 Å². The van der Waals surface area contributed by atoms with Crippen LogP contribution in [0.5, 0.6) is 0 Å². The van der Waals surface area contributed by atoms with Crippen molar-refractivity contribution < 1.29 is 13.9 Å². The highest BCUT2D eigenvalue weighted by atomic mass is 19.1. The Bertz CT molecular complexity index is 328. The number of carbonyl (C=O) groups excluding carboxylic acids is 1. The first-order valence-electron chi connectivity index (χ1n) is 3.60. The van der Waals surface area contributed by atoms with E-state index in [-0.39, 0.29) is 5.56 Å². The molecule has 0 spiro atoms. The number of aromatic nitrogens is 1. The van der Waals surface area contributed by atoms with E-state index in [9.17, 15) is 9.18 Å². The minimum absolute atomic E-state index is 0.214. The van der Waals surface area contributed by atoms with Crippen molar-refractivity contribution in [1.29, 1.82) is 0 Å². The number of hydrogen-bond donors (Lipinski definition) is 1. The van der Waals surface area contributed by atoms with Gasteiger partial charge in [0.1, 0.15) is 5.56 Å². The number of hydrogen-bond acceptors (Lipinski definition) is 4. The number of ether oxygens (including phenoxy) is 1. The lowest BCUT2D eigenvalue weighted by atomic mass is 10.2. The molecule has 1 heterocycles. The third kappa shape index (κ3) is 1.93. The maximum Gasteiger partial charge on any atom is 0.341 e. The van der Waals surface area contributed by atoms with Crippen LogP contribution in [0.1, 0.15) is 10.4 Å². The van der Waals surface area contributed by atoms with Gasteiger partial charge in [0.25, 0.3) is 0 Å². The quantitative estimate of drug-likeness (QED) is 0.551. The lowest BCUT2D eigenvalue weighted by Gasteiger charge is -2.05. The molecule has 1 aromatic heterocycles. The zero-order chi connectivity index (χ0) is 9.84. The van der Waals surface area contributed by atoms with Gasteiger partial charge in [-0.3, -0.25) is 0 Å². The normalized spacial score (nSPS) is 9.46. The van der Waals surface area contributed by atoms with E-state index in [1.54, 1.807) is 7.05 Å². The minimum Gasteiger partial charge on any atom is -0.465 e. The second kappa shape index (κ2) is 3.84. The maximum atomic E-state index is 12.6. The molecule has 0 aliphatic carbocycles. The second-order valence-electron chi connectivity index (χ2n) is 2.29. The summed E-state index contributed by atoms with van der Waals surface area (Å²) in [7, 11) is 2.84. The summed E-state index contributed by atoms with van der Waals surface area (Å²) in [6, 6.07) is 1.13. The van der Waals surface area contributed by atoms with Crippen LogP contribution >= 0.6 is 0 Å². The summed E-state index contributed by atoms with van der Waals surface area (Å²) in [5.41, 5.74) is 0.575. The number of methoxy groups -OCH3 is 1. The molecule has 5 heteroatoms. The Morgan fingerprint density at radius 3 is 2.92 bits per heavy atom. The SMILES string of the molecule is CNc1cc(F)ncc1C(=O)OC. The molecular formula is C8H9FN2O2. The van der Waals surface area contributed by atoms with Crippen molar-refractivity contribution in [3.05, 3.63) is 23.8 Å². The fourth-order valence-corrected chi connectivity index (χ4v) is 0.909. The maximum absolute atomic E-state index is 12.6. The molecule has 1 N–H and O–H groups in total. The van der Waals surface area contributed by atoms with Crippen LogP contribution in [0, 0.1) is 5.95 Å². The van der Waals surface area contributed by atoms with E-state index in [1.165, 1.54) is 7.11 Å². The molecule has 4 nitrogen and oxygen atoms in total. The topological polar surface area (TPSA) is 51.2 Å². The zero-order valence-electron chi connectivity index (χ0n) is 7.30. The van der Waals surface area contributed by atoms with Crippen LogP contribution in [0.2, 0.25) is 0 Å². The highest BCUT2D eigenvalue weighted by molar-refractivity contribution is 5.95. The number of nitrogens with one attached hydrogen (secondary N) is 1. The molecule has 0 aromatic carbocycles. The van der Waals surface area contributed by atoms with Gasteiger partial charge in [-0.15, -0.1) is 0 Å². The second-order valence-corrected chi connectivity index (χ2v) is 2.29. The first-order chi connectivity index (χ1) is 6.19. The molecule has 0 unspecified atom stereocenters. The third-order valence-corrected chi connectivity index (χ3v) is 1.55. The summed E-state index contributed by atoms with van der Waals surface area (Å²) in [6.45, 7) is 0. The van der Waals surface area contributed by atoms with Crippen LogP contribution in [-0.4, -0.2) is 25.1 Å². The van der Waals surface area contributed by atoms with Gasteiger partial charge in [0, 0.05) is 19.3 Å². The molecule has 0 fully saturated rings. The summed E-state index contributed by atoms with van der Waals surface area (Å²) >= 11 is 0. The van der Waals surface area contributed by atoms with E-state index < -0.39 is 11.9 Å². The minimum atomic E-state index is -0.642. The Balaban J connectivity index is 3.13. The van der Waals surface area contributed by atoms with Crippen LogP contribution in [-0.2, 0) is 4.74 Å². The molecular weight excluding hydrogens is 175 g/mol. The summed E-state index contributed by atoms with van der Waals surface area (Å²) in [4.78, 5) is 14.4. The predicted octanol–water partition coefficient (Wildman–Crippen LogP) is 1.05. The van der Waals surface area contributed by atoms with Crippen LogP contribution in [0.15, 0.2) is 12.3 Å². The van der Waals surface area contributed by atoms with Gasteiger partial charge in [0.15, 0.2) is 0 Å². The number of anilines is 1. The van der Waals surface area contributed by atoms with Crippen LogP contribution in [0.25, 0.3) is 0 Å². The Morgan fingerprint density at radius 2 is 2.38 bits per heavy atom. The Labute approximate surface area is 74.7 Å². The van der Waals surface area contributed by atoms with E-state index in [0.717, 1.165) is 12.3 Å². The molecule has 1 rings (SSSR count). The van der Waals surface area contributed by atoms with Gasteiger partial charge in [-0.05, 0) is 0 Å². The summed E-state index contributed by atoms with van der Waals surface area (Å²) in [5.74, 6) is -1.19. The largest absolute Gasteiger partial charge is 0.465 e. The smallest absolute Gasteiger partial charge is 0.341 e. The monoisotopic (exact) mass is 184 g/mol. The molecule has 0 bridgehead atoms. The van der Waals surface area contributed by atoms with Crippen molar-refractivity contribution in [3.8, 4) is 0 Å². The van der Waals surface area contributed by atoms with Crippen molar-refractivity contribution in [2.45, 2.75) is 0 Å². The molecule has 0 aliphatic rings. The summed E-state index contributed by atoms with van der Waals surface area (Å²) in [6.07, 6.45) is 1.13. The molecule has 1 aromatic rings. The van der Waals surface area contributed by atoms with E-state index >= 15 is 0 Å². The van der Waals surface area contributed by atoms with Crippen molar-refractivity contribution in [2.24, 2.45) is 0 Å². The van der Waals surface area contributed by atoms with Crippen molar-refractivity contribution in [2.75, 3.05) is 19.5 Å². The number of nitrogens with zero attached hydrogens (tertiary/aromatic N) is 1. The Kier molecular flexibility index (Phi) is 2.79. The van der Waals surface area contributed by atoms with E-state index in [4.69, 9.17) is 0 Å². The lowest BCUT2D eigenvalue weighted by Crippen LogP contribution is -2.07. The third-order valence-electron chi connectivity index (χ3n) is 1.55. The average Bonchev–Trinajstić information content (AvgIpc) is 2.16. The van der Waals surface area contributed by atoms with Gasteiger partial charge in [-0.25, -0.2) is 9.78 Å². The van der Waals surface area contributed by atoms with Crippen LogP contribution in [0.3, 0.4) is 0 Å². The molecule has 0 amide bonds. The fourth-order valence-electron chi connectivity index (χ4n) is 0.909. The van der Waals surface area contributed by atoms with Gasteiger partial charge in [-0.1, -0.05) is 0 Å². The Hall–Kier alpha value is -1.65. The first kappa shape index (κ1) is 9.44. The Morgan fingerprint density at radius 1 is 1.69 bits per heavy atom. The number of halogens is 1. The molecule has 0 saturated heterocycles. The molecule has 70 valence electrons. The molecule has 0 radical (unpaired) electrons. The highest BCUT2D eigenvalue weighted by Crippen LogP contribution is 2.15. The molecule has 0 atom stereocenters. The number of pyridine rings is 1. The van der Waals surface area contributed by atoms with Crippen molar-refractivity contribution in [1.82, 2.24) is 4.98 Å². The van der Waals surface area contributed by atoms with Crippen molar-refractivity contribution >= 4 is 11.7 Å².